The van der Waals surface area contributed by atoms with E-state index in [1.165, 1.54) is 49.4 Å². The summed E-state index contributed by atoms with van der Waals surface area (Å²) in [7, 11) is 0. The quantitative estimate of drug-likeness (QED) is 0.317. The van der Waals surface area contributed by atoms with Gasteiger partial charge >= 0.3 is 0 Å². The molecule has 34 heavy (non-hydrogen) atoms. The molecule has 0 radical (unpaired) electrons. The van der Waals surface area contributed by atoms with Crippen molar-refractivity contribution in [3.05, 3.63) is 121 Å². The molecule has 1 aromatic heterocycles. The van der Waals surface area contributed by atoms with E-state index in [1.54, 1.807) is 0 Å². The second-order valence-electron chi connectivity index (χ2n) is 9.04. The number of rotatable bonds is 2. The molecule has 6 aromatic rings. The molecule has 1 aliphatic heterocycles. The molecule has 7 rings (SSSR count). The van der Waals surface area contributed by atoms with Gasteiger partial charge in [0.05, 0.1) is 11.0 Å². The lowest BCUT2D eigenvalue weighted by molar-refractivity contribution is 0.487. The lowest BCUT2D eigenvalue weighted by atomic mass is 9.35. The van der Waals surface area contributed by atoms with E-state index < -0.39 is 0 Å². The number of fused-ring (bicyclic) bond motifs is 5. The molecule has 5 aromatic carbocycles. The van der Waals surface area contributed by atoms with E-state index in [4.69, 9.17) is 4.74 Å². The largest absolute Gasteiger partial charge is 0.458 e. The monoisotopic (exact) mass is 435 g/mol. The molecule has 1 aliphatic rings. The molecular weight excluding hydrogens is 413 g/mol. The van der Waals surface area contributed by atoms with Crippen molar-refractivity contribution in [1.82, 2.24) is 4.57 Å². The third-order valence-corrected chi connectivity index (χ3v) is 6.99. The standard InChI is InChI=1S/C31H22BNO/c1-21-18-19-29(33-27-14-6-2-10-22(27)23-11-3-7-15-28(23)33)26(20-21)32-24-12-4-8-16-30(24)34-31-17-9-5-13-25(31)32/h2-20H,1H3. The van der Waals surface area contributed by atoms with E-state index >= 15 is 0 Å². The SMILES string of the molecule is Cc1ccc(-n2c3ccccc3c3ccccc32)c(B2c3ccccc3Oc3ccccc32)c1. The zero-order chi connectivity index (χ0) is 22.6. The summed E-state index contributed by atoms with van der Waals surface area (Å²) in [6, 6.07) is 41.1. The highest BCUT2D eigenvalue weighted by atomic mass is 16.5. The van der Waals surface area contributed by atoms with Gasteiger partial charge in [0.1, 0.15) is 11.5 Å². The topological polar surface area (TPSA) is 14.2 Å². The molecule has 0 atom stereocenters. The van der Waals surface area contributed by atoms with Crippen LogP contribution in [0.1, 0.15) is 5.56 Å². The molecule has 0 N–H and O–H groups in total. The van der Waals surface area contributed by atoms with Gasteiger partial charge < -0.3 is 9.30 Å². The summed E-state index contributed by atoms with van der Waals surface area (Å²) in [6.07, 6.45) is 0. The number of nitrogens with zero attached hydrogens (tertiary/aromatic N) is 1. The minimum absolute atomic E-state index is 0.0796. The molecule has 0 bridgehead atoms. The second kappa shape index (κ2) is 7.39. The second-order valence-corrected chi connectivity index (χ2v) is 9.04. The van der Waals surface area contributed by atoms with E-state index in [1.807, 2.05) is 12.1 Å². The number of aryl methyl sites for hydroxylation is 1. The number of benzene rings is 5. The lowest BCUT2D eigenvalue weighted by Crippen LogP contribution is -2.55. The summed E-state index contributed by atoms with van der Waals surface area (Å²) in [5.74, 6) is 1.86. The van der Waals surface area contributed by atoms with Crippen LogP contribution in [0.4, 0.5) is 0 Å². The summed E-state index contributed by atoms with van der Waals surface area (Å²) in [5.41, 5.74) is 8.60. The van der Waals surface area contributed by atoms with E-state index in [-0.39, 0.29) is 6.71 Å². The summed E-state index contributed by atoms with van der Waals surface area (Å²) in [5, 5.41) is 2.55. The van der Waals surface area contributed by atoms with E-state index in [0.29, 0.717) is 0 Å². The Balaban J connectivity index is 1.59. The van der Waals surface area contributed by atoms with Crippen molar-refractivity contribution in [3.63, 3.8) is 0 Å². The van der Waals surface area contributed by atoms with Crippen molar-refractivity contribution in [2.75, 3.05) is 0 Å². The van der Waals surface area contributed by atoms with Crippen molar-refractivity contribution in [2.24, 2.45) is 0 Å². The Bertz CT molecular complexity index is 1620. The van der Waals surface area contributed by atoms with Crippen LogP contribution in [-0.4, -0.2) is 11.3 Å². The van der Waals surface area contributed by atoms with E-state index in [0.717, 1.165) is 11.5 Å². The van der Waals surface area contributed by atoms with Gasteiger partial charge in [0, 0.05) is 16.5 Å². The molecule has 2 nitrogen and oxygen atoms in total. The van der Waals surface area contributed by atoms with Crippen molar-refractivity contribution in [1.29, 1.82) is 0 Å². The lowest BCUT2D eigenvalue weighted by Gasteiger charge is -2.28. The van der Waals surface area contributed by atoms with Gasteiger partial charge in [0.2, 0.25) is 0 Å². The van der Waals surface area contributed by atoms with Gasteiger partial charge in [-0.05, 0) is 53.6 Å². The molecular formula is C31H22BNO. The van der Waals surface area contributed by atoms with Crippen LogP contribution in [0, 0.1) is 6.92 Å². The molecule has 2 heterocycles. The first kappa shape index (κ1) is 19.3. The van der Waals surface area contributed by atoms with Crippen molar-refractivity contribution < 1.29 is 4.74 Å². The molecule has 3 heteroatoms. The molecule has 0 amide bonds. The first-order chi connectivity index (χ1) is 16.8. The zero-order valence-corrected chi connectivity index (χ0v) is 18.9. The fraction of sp³-hybridized carbons (Fsp3) is 0.0323. The minimum atomic E-state index is 0.0796. The van der Waals surface area contributed by atoms with Gasteiger partial charge in [0.25, 0.3) is 6.71 Å². The highest BCUT2D eigenvalue weighted by Crippen LogP contribution is 2.32. The molecule has 0 saturated heterocycles. The average Bonchev–Trinajstić information content (AvgIpc) is 3.22. The summed E-state index contributed by atoms with van der Waals surface area (Å²) in [6.45, 7) is 2.26. The van der Waals surface area contributed by atoms with Crippen molar-refractivity contribution >= 4 is 44.9 Å². The van der Waals surface area contributed by atoms with Gasteiger partial charge in [-0.3, -0.25) is 0 Å². The van der Waals surface area contributed by atoms with Gasteiger partial charge in [-0.25, -0.2) is 0 Å². The molecule has 0 fully saturated rings. The van der Waals surface area contributed by atoms with Crippen molar-refractivity contribution in [3.8, 4) is 17.2 Å². The maximum absolute atomic E-state index is 6.32. The van der Waals surface area contributed by atoms with Crippen LogP contribution >= 0.6 is 0 Å². The van der Waals surface area contributed by atoms with Crippen LogP contribution in [0.5, 0.6) is 11.5 Å². The predicted octanol–water partition coefficient (Wildman–Crippen LogP) is 5.71. The minimum Gasteiger partial charge on any atom is -0.458 e. The Labute approximate surface area is 199 Å². The maximum atomic E-state index is 6.32. The molecule has 0 saturated carbocycles. The van der Waals surface area contributed by atoms with Crippen LogP contribution < -0.4 is 21.1 Å². The Kier molecular flexibility index (Phi) is 4.19. The number of aromatic nitrogens is 1. The zero-order valence-electron chi connectivity index (χ0n) is 18.9. The third kappa shape index (κ3) is 2.77. The number of para-hydroxylation sites is 4. The number of hydrogen-bond acceptors (Lipinski definition) is 1. The van der Waals surface area contributed by atoms with E-state index in [2.05, 4.69) is 115 Å². The summed E-state index contributed by atoms with van der Waals surface area (Å²) >= 11 is 0. The van der Waals surface area contributed by atoms with Gasteiger partial charge in [-0.1, -0.05) is 90.5 Å². The van der Waals surface area contributed by atoms with E-state index in [9.17, 15) is 0 Å². The Morgan fingerprint density at radius 1 is 0.559 bits per heavy atom. The van der Waals surface area contributed by atoms with Crippen LogP contribution in [0.25, 0.3) is 27.5 Å². The fourth-order valence-corrected chi connectivity index (χ4v) is 5.54. The third-order valence-electron chi connectivity index (χ3n) is 6.99. The van der Waals surface area contributed by atoms with Crippen LogP contribution in [0.2, 0.25) is 0 Å². The van der Waals surface area contributed by atoms with Crippen LogP contribution in [0.15, 0.2) is 115 Å². The molecule has 160 valence electrons. The first-order valence-corrected chi connectivity index (χ1v) is 11.7. The predicted molar refractivity (Wildman–Crippen MR) is 143 cm³/mol. The molecule has 0 spiro atoms. The highest BCUT2D eigenvalue weighted by molar-refractivity contribution is 6.97. The van der Waals surface area contributed by atoms with Gasteiger partial charge in [-0.2, -0.15) is 0 Å². The average molecular weight is 435 g/mol. The number of hydrogen-bond donors (Lipinski definition) is 0. The highest BCUT2D eigenvalue weighted by Gasteiger charge is 2.34. The Hall–Kier alpha value is -4.24. The fourth-order valence-electron chi connectivity index (χ4n) is 5.54. The smallest absolute Gasteiger partial charge is 0.253 e. The normalized spacial score (nSPS) is 12.4. The molecule has 0 unspecified atom stereocenters. The Morgan fingerprint density at radius 2 is 1.09 bits per heavy atom. The van der Waals surface area contributed by atoms with Crippen molar-refractivity contribution in [2.45, 2.75) is 6.92 Å². The van der Waals surface area contributed by atoms with Gasteiger partial charge in [0.15, 0.2) is 0 Å². The number of ether oxygens (including phenoxy) is 1. The summed E-state index contributed by atoms with van der Waals surface area (Å²) in [4.78, 5) is 0. The van der Waals surface area contributed by atoms with Crippen LogP contribution in [-0.2, 0) is 0 Å². The van der Waals surface area contributed by atoms with Crippen LogP contribution in [0.3, 0.4) is 0 Å². The summed E-state index contributed by atoms with van der Waals surface area (Å²) < 4.78 is 8.75. The maximum Gasteiger partial charge on any atom is 0.253 e. The van der Waals surface area contributed by atoms with Gasteiger partial charge in [-0.15, -0.1) is 0 Å². The Morgan fingerprint density at radius 3 is 1.71 bits per heavy atom. The first-order valence-electron chi connectivity index (χ1n) is 11.7. The molecule has 0 aliphatic carbocycles.